The molecule has 1 saturated heterocycles. The van der Waals surface area contributed by atoms with Gasteiger partial charge in [0.1, 0.15) is 0 Å². The molecular weight excluding hydrogens is 176 g/mol. The average Bonchev–Trinajstić information content (AvgIpc) is 2.08. The summed E-state index contributed by atoms with van der Waals surface area (Å²) in [7, 11) is 0. The van der Waals surface area contributed by atoms with E-state index < -0.39 is 0 Å². The zero-order valence-corrected chi connectivity index (χ0v) is 9.71. The lowest BCUT2D eigenvalue weighted by molar-refractivity contribution is 0.127. The van der Waals surface area contributed by atoms with Gasteiger partial charge in [0, 0.05) is 18.6 Å². The predicted octanol–water partition coefficient (Wildman–Crippen LogP) is 2.22. The summed E-state index contributed by atoms with van der Waals surface area (Å²) < 4.78 is 0. The molecule has 0 spiro atoms. The first-order chi connectivity index (χ1) is 6.52. The molecule has 82 valence electrons. The molecule has 3 nitrogen and oxygen atoms in total. The smallest absolute Gasteiger partial charge is 0.317 e. The van der Waals surface area contributed by atoms with Crippen molar-refractivity contribution >= 4 is 6.03 Å². The van der Waals surface area contributed by atoms with E-state index in [1.54, 1.807) is 0 Å². The Morgan fingerprint density at radius 1 is 1.43 bits per heavy atom. The van der Waals surface area contributed by atoms with Crippen LogP contribution in [0.15, 0.2) is 0 Å². The molecule has 0 aliphatic carbocycles. The third kappa shape index (κ3) is 2.63. The summed E-state index contributed by atoms with van der Waals surface area (Å²) in [4.78, 5) is 13.7. The summed E-state index contributed by atoms with van der Waals surface area (Å²) in [5, 5.41) is 2.95. The molecule has 14 heavy (non-hydrogen) atoms. The summed E-state index contributed by atoms with van der Waals surface area (Å²) >= 11 is 0. The number of carbonyl (C=O) groups is 1. The van der Waals surface area contributed by atoms with Gasteiger partial charge < -0.3 is 10.2 Å². The van der Waals surface area contributed by atoms with Crippen LogP contribution in [0.5, 0.6) is 0 Å². The van der Waals surface area contributed by atoms with Crippen LogP contribution in [0.25, 0.3) is 0 Å². The minimum Gasteiger partial charge on any atom is -0.336 e. The maximum absolute atomic E-state index is 11.8. The first kappa shape index (κ1) is 11.3. The van der Waals surface area contributed by atoms with E-state index in [0.717, 1.165) is 13.0 Å². The number of hydrogen-bond donors (Lipinski definition) is 1. The minimum atomic E-state index is 0.0963. The van der Waals surface area contributed by atoms with Gasteiger partial charge in [-0.2, -0.15) is 0 Å². The summed E-state index contributed by atoms with van der Waals surface area (Å²) in [6.07, 6.45) is 2.38. The number of carbonyl (C=O) groups excluding carboxylic acids is 1. The van der Waals surface area contributed by atoms with Crippen LogP contribution >= 0.6 is 0 Å². The van der Waals surface area contributed by atoms with E-state index in [1.165, 1.54) is 6.42 Å². The maximum atomic E-state index is 11.8. The molecule has 1 heterocycles. The van der Waals surface area contributed by atoms with Gasteiger partial charge in [0.05, 0.1) is 0 Å². The van der Waals surface area contributed by atoms with E-state index in [1.807, 2.05) is 18.7 Å². The van der Waals surface area contributed by atoms with Crippen molar-refractivity contribution in [3.05, 3.63) is 0 Å². The van der Waals surface area contributed by atoms with E-state index in [4.69, 9.17) is 0 Å². The highest BCUT2D eigenvalue weighted by Crippen LogP contribution is 2.22. The minimum absolute atomic E-state index is 0.0963. The molecule has 0 bridgehead atoms. The fourth-order valence-corrected chi connectivity index (χ4v) is 1.95. The van der Waals surface area contributed by atoms with Crippen molar-refractivity contribution in [1.82, 2.24) is 10.2 Å². The molecule has 2 amide bonds. The quantitative estimate of drug-likeness (QED) is 0.688. The molecule has 3 heteroatoms. The van der Waals surface area contributed by atoms with E-state index >= 15 is 0 Å². The van der Waals surface area contributed by atoms with Gasteiger partial charge in [-0.3, -0.25) is 0 Å². The monoisotopic (exact) mass is 198 g/mol. The predicted molar refractivity (Wildman–Crippen MR) is 58.2 cm³/mol. The van der Waals surface area contributed by atoms with Crippen molar-refractivity contribution in [2.45, 2.75) is 52.6 Å². The summed E-state index contributed by atoms with van der Waals surface area (Å²) in [5.74, 6) is 0.627. The van der Waals surface area contributed by atoms with Gasteiger partial charge in [-0.25, -0.2) is 4.79 Å². The van der Waals surface area contributed by atoms with Crippen LogP contribution < -0.4 is 5.32 Å². The van der Waals surface area contributed by atoms with E-state index in [0.29, 0.717) is 12.0 Å². The molecule has 2 unspecified atom stereocenters. The van der Waals surface area contributed by atoms with Gasteiger partial charge in [-0.05, 0) is 39.5 Å². The van der Waals surface area contributed by atoms with Crippen molar-refractivity contribution < 1.29 is 4.79 Å². The van der Waals surface area contributed by atoms with Crippen molar-refractivity contribution in [1.29, 1.82) is 0 Å². The second-order valence-corrected chi connectivity index (χ2v) is 4.66. The molecule has 2 atom stereocenters. The summed E-state index contributed by atoms with van der Waals surface area (Å²) in [6, 6.07) is 0.702. The van der Waals surface area contributed by atoms with Gasteiger partial charge in [0.2, 0.25) is 0 Å². The van der Waals surface area contributed by atoms with E-state index in [9.17, 15) is 4.79 Å². The zero-order valence-electron chi connectivity index (χ0n) is 9.71. The molecule has 1 rings (SSSR count). The van der Waals surface area contributed by atoms with Gasteiger partial charge in [-0.1, -0.05) is 6.92 Å². The number of piperidine rings is 1. The molecule has 0 aromatic carbocycles. The highest BCUT2D eigenvalue weighted by atomic mass is 16.2. The topological polar surface area (TPSA) is 32.3 Å². The number of rotatable bonds is 1. The lowest BCUT2D eigenvalue weighted by Gasteiger charge is -2.38. The summed E-state index contributed by atoms with van der Waals surface area (Å²) in [6.45, 7) is 9.26. The Kier molecular flexibility index (Phi) is 3.78. The second-order valence-electron chi connectivity index (χ2n) is 4.66. The van der Waals surface area contributed by atoms with Crippen LogP contribution in [-0.2, 0) is 0 Å². The number of amides is 2. The molecule has 1 aliphatic heterocycles. The first-order valence-corrected chi connectivity index (χ1v) is 5.59. The van der Waals surface area contributed by atoms with Gasteiger partial charge in [0.15, 0.2) is 0 Å². The maximum Gasteiger partial charge on any atom is 0.317 e. The molecule has 1 aliphatic rings. The van der Waals surface area contributed by atoms with Crippen LogP contribution in [0.2, 0.25) is 0 Å². The Morgan fingerprint density at radius 3 is 2.64 bits per heavy atom. The van der Waals surface area contributed by atoms with Gasteiger partial charge >= 0.3 is 6.03 Å². The van der Waals surface area contributed by atoms with E-state index in [-0.39, 0.29) is 12.1 Å². The number of nitrogens with one attached hydrogen (secondary N) is 1. The Labute approximate surface area is 86.9 Å². The molecule has 0 aromatic rings. The van der Waals surface area contributed by atoms with Crippen LogP contribution in [0.4, 0.5) is 4.79 Å². The fraction of sp³-hybridized carbons (Fsp3) is 0.909. The molecule has 0 saturated carbocycles. The molecule has 1 N–H and O–H groups in total. The fourth-order valence-electron chi connectivity index (χ4n) is 1.95. The van der Waals surface area contributed by atoms with Crippen molar-refractivity contribution in [2.24, 2.45) is 5.92 Å². The highest BCUT2D eigenvalue weighted by molar-refractivity contribution is 5.74. The molecular formula is C11H22N2O. The normalized spacial score (nSPS) is 27.9. The SMILES string of the molecule is CC(C)NC(=O)N1CCCC(C)C1C. The number of urea groups is 1. The lowest BCUT2D eigenvalue weighted by Crippen LogP contribution is -2.51. The first-order valence-electron chi connectivity index (χ1n) is 5.59. The van der Waals surface area contributed by atoms with Crippen LogP contribution in [0.3, 0.4) is 0 Å². The highest BCUT2D eigenvalue weighted by Gasteiger charge is 2.28. The molecule has 1 fully saturated rings. The number of likely N-dealkylation sites (tertiary alicyclic amines) is 1. The largest absolute Gasteiger partial charge is 0.336 e. The summed E-state index contributed by atoms with van der Waals surface area (Å²) in [5.41, 5.74) is 0. The number of hydrogen-bond acceptors (Lipinski definition) is 1. The Morgan fingerprint density at radius 2 is 2.07 bits per heavy atom. The van der Waals surface area contributed by atoms with E-state index in [2.05, 4.69) is 19.2 Å². The van der Waals surface area contributed by atoms with Crippen molar-refractivity contribution in [2.75, 3.05) is 6.54 Å². The van der Waals surface area contributed by atoms with Crippen molar-refractivity contribution in [3.63, 3.8) is 0 Å². The number of nitrogens with zero attached hydrogens (tertiary/aromatic N) is 1. The van der Waals surface area contributed by atoms with Crippen molar-refractivity contribution in [3.8, 4) is 0 Å². The Hall–Kier alpha value is -0.730. The van der Waals surface area contributed by atoms with Gasteiger partial charge in [0.25, 0.3) is 0 Å². The third-order valence-electron chi connectivity index (χ3n) is 3.05. The molecule has 0 radical (unpaired) electrons. The average molecular weight is 198 g/mol. The Balaban J connectivity index is 2.53. The second kappa shape index (κ2) is 4.67. The Bertz CT molecular complexity index is 203. The van der Waals surface area contributed by atoms with Crippen LogP contribution in [0.1, 0.15) is 40.5 Å². The standard InChI is InChI=1S/C11H22N2O/c1-8(2)12-11(14)13-7-5-6-9(3)10(13)4/h8-10H,5-7H2,1-4H3,(H,12,14). The van der Waals surface area contributed by atoms with Crippen LogP contribution in [-0.4, -0.2) is 29.6 Å². The molecule has 0 aromatic heterocycles. The third-order valence-corrected chi connectivity index (χ3v) is 3.05. The van der Waals surface area contributed by atoms with Gasteiger partial charge in [-0.15, -0.1) is 0 Å². The zero-order chi connectivity index (χ0) is 10.7. The lowest BCUT2D eigenvalue weighted by atomic mass is 9.92. The van der Waals surface area contributed by atoms with Crippen LogP contribution in [0, 0.1) is 5.92 Å².